The number of rotatable bonds is 4. The number of aromatic nitrogens is 2. The molecule has 0 atom stereocenters. The van der Waals surface area contributed by atoms with Gasteiger partial charge in [0.2, 0.25) is 0 Å². The first kappa shape index (κ1) is 13.8. The second-order valence-corrected chi connectivity index (χ2v) is 5.19. The van der Waals surface area contributed by atoms with Crippen molar-refractivity contribution in [2.24, 2.45) is 0 Å². The Morgan fingerprint density at radius 2 is 1.89 bits per heavy atom. The van der Waals surface area contributed by atoms with Gasteiger partial charge in [-0.2, -0.15) is 0 Å². The lowest BCUT2D eigenvalue weighted by molar-refractivity contribution is 0.879. The molecule has 5 heteroatoms. The highest BCUT2D eigenvalue weighted by atomic mass is 79.9. The predicted molar refractivity (Wildman–Crippen MR) is 80.5 cm³/mol. The summed E-state index contributed by atoms with van der Waals surface area (Å²) in [5.41, 5.74) is 2.34. The Kier molecular flexibility index (Phi) is 4.37. The van der Waals surface area contributed by atoms with Crippen LogP contribution >= 0.6 is 15.9 Å². The van der Waals surface area contributed by atoms with Crippen molar-refractivity contribution >= 4 is 21.7 Å². The highest BCUT2D eigenvalue weighted by Crippen LogP contribution is 2.19. The summed E-state index contributed by atoms with van der Waals surface area (Å²) in [7, 11) is 1.92. The van der Waals surface area contributed by atoms with E-state index in [-0.39, 0.29) is 5.56 Å². The molecule has 0 aliphatic rings. The van der Waals surface area contributed by atoms with Crippen molar-refractivity contribution in [3.8, 4) is 0 Å². The maximum atomic E-state index is 11.5. The molecule has 1 aromatic heterocycles. The van der Waals surface area contributed by atoms with Gasteiger partial charge in [-0.1, -0.05) is 31.2 Å². The molecule has 1 aromatic carbocycles. The summed E-state index contributed by atoms with van der Waals surface area (Å²) in [6.45, 7) is 2.84. The van der Waals surface area contributed by atoms with Crippen molar-refractivity contribution in [1.82, 2.24) is 9.97 Å². The first-order chi connectivity index (χ1) is 9.11. The third-order valence-corrected chi connectivity index (χ3v) is 3.71. The van der Waals surface area contributed by atoms with Gasteiger partial charge >= 0.3 is 0 Å². The summed E-state index contributed by atoms with van der Waals surface area (Å²) in [6.07, 6.45) is 2.45. The van der Waals surface area contributed by atoms with Gasteiger partial charge in [-0.25, -0.2) is 4.98 Å². The Hall–Kier alpha value is -1.62. The minimum Gasteiger partial charge on any atom is -0.354 e. The maximum Gasteiger partial charge on any atom is 0.267 e. The molecule has 0 aliphatic carbocycles. The quantitative estimate of drug-likeness (QED) is 0.942. The number of hydrogen-bond acceptors (Lipinski definition) is 3. The van der Waals surface area contributed by atoms with Crippen LogP contribution in [0.15, 0.2) is 39.9 Å². The van der Waals surface area contributed by atoms with Crippen LogP contribution < -0.4 is 10.5 Å². The van der Waals surface area contributed by atoms with E-state index in [1.54, 1.807) is 0 Å². The SMILES string of the molecule is CCc1ccc(CN(C)c2nc[nH]c(=O)c2Br)cc1. The van der Waals surface area contributed by atoms with Crippen LogP contribution in [0.4, 0.5) is 5.82 Å². The van der Waals surface area contributed by atoms with Gasteiger partial charge in [-0.05, 0) is 33.5 Å². The van der Waals surface area contributed by atoms with E-state index in [1.807, 2.05) is 11.9 Å². The maximum absolute atomic E-state index is 11.5. The summed E-state index contributed by atoms with van der Waals surface area (Å²) >= 11 is 3.27. The number of aromatic amines is 1. The van der Waals surface area contributed by atoms with Gasteiger partial charge in [0.05, 0.1) is 6.33 Å². The minimum atomic E-state index is -0.168. The van der Waals surface area contributed by atoms with E-state index in [0.29, 0.717) is 16.8 Å². The largest absolute Gasteiger partial charge is 0.354 e. The van der Waals surface area contributed by atoms with Crippen molar-refractivity contribution in [2.45, 2.75) is 19.9 Å². The molecule has 0 amide bonds. The number of halogens is 1. The summed E-state index contributed by atoms with van der Waals surface area (Å²) < 4.78 is 0.461. The standard InChI is InChI=1S/C14H16BrN3O/c1-3-10-4-6-11(7-5-10)8-18(2)13-12(15)14(19)17-9-16-13/h4-7,9H,3,8H2,1-2H3,(H,16,17,19). The molecule has 0 saturated carbocycles. The van der Waals surface area contributed by atoms with Crippen molar-refractivity contribution in [3.05, 3.63) is 56.5 Å². The van der Waals surface area contributed by atoms with Crippen molar-refractivity contribution in [1.29, 1.82) is 0 Å². The molecule has 0 bridgehead atoms. The van der Waals surface area contributed by atoms with Crippen LogP contribution in [-0.2, 0) is 13.0 Å². The number of nitrogens with zero attached hydrogens (tertiary/aromatic N) is 2. The van der Waals surface area contributed by atoms with Gasteiger partial charge in [-0.3, -0.25) is 4.79 Å². The third kappa shape index (κ3) is 3.23. The summed E-state index contributed by atoms with van der Waals surface area (Å²) in [5, 5.41) is 0. The van der Waals surface area contributed by atoms with Crippen LogP contribution in [0.3, 0.4) is 0 Å². The summed E-state index contributed by atoms with van der Waals surface area (Å²) in [5.74, 6) is 0.642. The Labute approximate surface area is 120 Å². The van der Waals surface area contributed by atoms with Crippen LogP contribution in [0.25, 0.3) is 0 Å². The van der Waals surface area contributed by atoms with Crippen LogP contribution in [0.5, 0.6) is 0 Å². The first-order valence-electron chi connectivity index (χ1n) is 6.14. The second kappa shape index (κ2) is 6.02. The van der Waals surface area contributed by atoms with Crippen LogP contribution in [0.2, 0.25) is 0 Å². The van der Waals surface area contributed by atoms with Crippen molar-refractivity contribution < 1.29 is 0 Å². The summed E-state index contributed by atoms with van der Waals surface area (Å²) in [4.78, 5) is 20.2. The molecule has 1 N–H and O–H groups in total. The van der Waals surface area contributed by atoms with Gasteiger partial charge in [0.1, 0.15) is 10.3 Å². The molecule has 0 saturated heterocycles. The zero-order valence-corrected chi connectivity index (χ0v) is 12.6. The highest BCUT2D eigenvalue weighted by molar-refractivity contribution is 9.10. The topological polar surface area (TPSA) is 49.0 Å². The van der Waals surface area contributed by atoms with E-state index in [0.717, 1.165) is 6.42 Å². The molecule has 2 rings (SSSR count). The minimum absolute atomic E-state index is 0.168. The monoisotopic (exact) mass is 321 g/mol. The molecule has 19 heavy (non-hydrogen) atoms. The second-order valence-electron chi connectivity index (χ2n) is 4.40. The molecule has 1 heterocycles. The Morgan fingerprint density at radius 3 is 2.53 bits per heavy atom. The molecule has 0 spiro atoms. The van der Waals surface area contributed by atoms with Crippen LogP contribution in [-0.4, -0.2) is 17.0 Å². The van der Waals surface area contributed by atoms with Gasteiger partial charge in [0.25, 0.3) is 5.56 Å². The normalized spacial score (nSPS) is 10.5. The zero-order valence-electron chi connectivity index (χ0n) is 11.0. The van der Waals surface area contributed by atoms with Crippen molar-refractivity contribution in [3.63, 3.8) is 0 Å². The molecule has 100 valence electrons. The van der Waals surface area contributed by atoms with E-state index in [1.165, 1.54) is 17.5 Å². The molecule has 0 unspecified atom stereocenters. The van der Waals surface area contributed by atoms with E-state index in [4.69, 9.17) is 0 Å². The van der Waals surface area contributed by atoms with Gasteiger partial charge in [-0.15, -0.1) is 0 Å². The van der Waals surface area contributed by atoms with Crippen molar-refractivity contribution in [2.75, 3.05) is 11.9 Å². The molecular formula is C14H16BrN3O. The number of anilines is 1. The molecule has 4 nitrogen and oxygen atoms in total. The lowest BCUT2D eigenvalue weighted by Gasteiger charge is -2.19. The van der Waals surface area contributed by atoms with Gasteiger partial charge in [0, 0.05) is 13.6 Å². The number of aryl methyl sites for hydroxylation is 1. The first-order valence-corrected chi connectivity index (χ1v) is 6.93. The van der Waals surface area contributed by atoms with E-state index >= 15 is 0 Å². The molecular weight excluding hydrogens is 306 g/mol. The van der Waals surface area contributed by atoms with E-state index in [9.17, 15) is 4.79 Å². The smallest absolute Gasteiger partial charge is 0.267 e. The highest BCUT2D eigenvalue weighted by Gasteiger charge is 2.10. The summed E-state index contributed by atoms with van der Waals surface area (Å²) in [6, 6.07) is 8.47. The Morgan fingerprint density at radius 1 is 1.26 bits per heavy atom. The predicted octanol–water partition coefficient (Wildman–Crippen LogP) is 2.73. The lowest BCUT2D eigenvalue weighted by Crippen LogP contribution is -2.21. The molecule has 0 aliphatic heterocycles. The average molecular weight is 322 g/mol. The van der Waals surface area contributed by atoms with Gasteiger partial charge in [0.15, 0.2) is 0 Å². The number of nitrogens with one attached hydrogen (secondary N) is 1. The van der Waals surface area contributed by atoms with Crippen LogP contribution in [0, 0.1) is 0 Å². The fourth-order valence-corrected chi connectivity index (χ4v) is 2.39. The molecule has 0 radical (unpaired) electrons. The van der Waals surface area contributed by atoms with E-state index < -0.39 is 0 Å². The average Bonchev–Trinajstić information content (AvgIpc) is 2.42. The third-order valence-electron chi connectivity index (χ3n) is 2.99. The fourth-order valence-electron chi connectivity index (χ4n) is 1.87. The van der Waals surface area contributed by atoms with Gasteiger partial charge < -0.3 is 9.88 Å². The lowest BCUT2D eigenvalue weighted by atomic mass is 10.1. The Bertz CT molecular complexity index is 607. The molecule has 0 fully saturated rings. The Balaban J connectivity index is 2.18. The number of hydrogen-bond donors (Lipinski definition) is 1. The fraction of sp³-hybridized carbons (Fsp3) is 0.286. The number of H-pyrrole nitrogens is 1. The zero-order chi connectivity index (χ0) is 13.8. The number of benzene rings is 1. The molecule has 2 aromatic rings. The van der Waals surface area contributed by atoms with Crippen LogP contribution in [0.1, 0.15) is 18.1 Å². The van der Waals surface area contributed by atoms with E-state index in [2.05, 4.69) is 57.1 Å².